The Morgan fingerprint density at radius 1 is 1.37 bits per heavy atom. The molecule has 1 N–H and O–H groups in total. The van der Waals surface area contributed by atoms with Gasteiger partial charge in [-0.2, -0.15) is 0 Å². The summed E-state index contributed by atoms with van der Waals surface area (Å²) in [6.45, 7) is 5.47. The summed E-state index contributed by atoms with van der Waals surface area (Å²) in [5.41, 5.74) is 1.41. The van der Waals surface area contributed by atoms with Gasteiger partial charge in [0.25, 0.3) is 0 Å². The molecule has 3 rings (SSSR count). The zero-order valence-corrected chi connectivity index (χ0v) is 11.6. The van der Waals surface area contributed by atoms with Gasteiger partial charge in [0, 0.05) is 43.8 Å². The summed E-state index contributed by atoms with van der Waals surface area (Å²) in [6.07, 6.45) is 8.23. The van der Waals surface area contributed by atoms with E-state index in [2.05, 4.69) is 40.4 Å². The second-order valence-electron chi connectivity index (χ2n) is 5.65. The number of likely N-dealkylation sites (tertiary alicyclic amines) is 1. The third-order valence-electron chi connectivity index (χ3n) is 4.23. The first-order valence-corrected chi connectivity index (χ1v) is 6.88. The summed E-state index contributed by atoms with van der Waals surface area (Å²) in [5, 5.41) is 3.43. The van der Waals surface area contributed by atoms with Crippen molar-refractivity contribution in [3.05, 3.63) is 30.4 Å². The molecular formula is C14H21N5. The summed E-state index contributed by atoms with van der Waals surface area (Å²) in [5.74, 6) is 0.787. The Morgan fingerprint density at radius 2 is 2.16 bits per heavy atom. The molecule has 2 aromatic heterocycles. The fraction of sp³-hybridized carbons (Fsp3) is 0.571. The largest absolute Gasteiger partial charge is 0.314 e. The van der Waals surface area contributed by atoms with Crippen LogP contribution in [-0.4, -0.2) is 44.9 Å². The normalized spacial score (nSPS) is 19.9. The third-order valence-corrected chi connectivity index (χ3v) is 4.23. The number of hydrogen-bond acceptors (Lipinski definition) is 4. The lowest BCUT2D eigenvalue weighted by Crippen LogP contribution is -2.49. The van der Waals surface area contributed by atoms with Crippen molar-refractivity contribution < 1.29 is 0 Å². The lowest BCUT2D eigenvalue weighted by molar-refractivity contribution is 0.145. The molecule has 0 aliphatic carbocycles. The Labute approximate surface area is 113 Å². The van der Waals surface area contributed by atoms with Gasteiger partial charge in [-0.1, -0.05) is 0 Å². The summed E-state index contributed by atoms with van der Waals surface area (Å²) in [7, 11) is 2.06. The number of nitrogens with one attached hydrogen (secondary N) is 1. The molecule has 1 aliphatic rings. The number of fused-ring (bicyclic) bond motifs is 1. The van der Waals surface area contributed by atoms with Crippen molar-refractivity contribution in [3.8, 4) is 0 Å². The molecule has 5 heteroatoms. The van der Waals surface area contributed by atoms with Crippen LogP contribution in [0.25, 0.3) is 5.78 Å². The van der Waals surface area contributed by atoms with Crippen LogP contribution in [0.5, 0.6) is 0 Å². The van der Waals surface area contributed by atoms with Crippen LogP contribution in [0.1, 0.15) is 25.5 Å². The van der Waals surface area contributed by atoms with Crippen LogP contribution < -0.4 is 5.32 Å². The van der Waals surface area contributed by atoms with Crippen molar-refractivity contribution in [2.45, 2.75) is 31.8 Å². The molecule has 19 heavy (non-hydrogen) atoms. The molecule has 2 aromatic rings. The minimum atomic E-state index is 0.303. The standard InChI is InChI=1S/C14H21N5/c1-14(15-2)4-8-18(9-5-14)10-12-11-19-7-3-6-16-13(19)17-12/h3,6-7,11,15H,4-5,8-10H2,1-2H3. The highest BCUT2D eigenvalue weighted by atomic mass is 15.2. The van der Waals surface area contributed by atoms with E-state index in [1.165, 1.54) is 12.8 Å². The third kappa shape index (κ3) is 2.62. The SMILES string of the molecule is CNC1(C)CCN(Cc2cn3cccnc3n2)CC1. The number of imidazole rings is 1. The molecule has 0 unspecified atom stereocenters. The number of rotatable bonds is 3. The van der Waals surface area contributed by atoms with Crippen molar-refractivity contribution >= 4 is 5.78 Å². The van der Waals surface area contributed by atoms with Crippen LogP contribution in [0.15, 0.2) is 24.7 Å². The highest BCUT2D eigenvalue weighted by Crippen LogP contribution is 2.22. The molecule has 0 atom stereocenters. The van der Waals surface area contributed by atoms with Gasteiger partial charge in [0.05, 0.1) is 5.69 Å². The van der Waals surface area contributed by atoms with Crippen molar-refractivity contribution in [2.75, 3.05) is 20.1 Å². The van der Waals surface area contributed by atoms with Crippen LogP contribution >= 0.6 is 0 Å². The summed E-state index contributed by atoms with van der Waals surface area (Å²) in [4.78, 5) is 11.3. The molecule has 1 aliphatic heterocycles. The van der Waals surface area contributed by atoms with Crippen molar-refractivity contribution in [2.24, 2.45) is 0 Å². The van der Waals surface area contributed by atoms with E-state index < -0.39 is 0 Å². The Bertz CT molecular complexity index is 521. The molecule has 0 aromatic carbocycles. The van der Waals surface area contributed by atoms with Crippen molar-refractivity contribution in [1.29, 1.82) is 0 Å². The summed E-state index contributed by atoms with van der Waals surface area (Å²) < 4.78 is 1.98. The highest BCUT2D eigenvalue weighted by molar-refractivity contribution is 5.29. The van der Waals surface area contributed by atoms with E-state index in [1.807, 2.05) is 16.7 Å². The topological polar surface area (TPSA) is 45.5 Å². The Morgan fingerprint density at radius 3 is 2.84 bits per heavy atom. The predicted octanol–water partition coefficient (Wildman–Crippen LogP) is 1.30. The van der Waals surface area contributed by atoms with Gasteiger partial charge in [-0.25, -0.2) is 9.97 Å². The molecule has 3 heterocycles. The second-order valence-corrected chi connectivity index (χ2v) is 5.65. The van der Waals surface area contributed by atoms with Gasteiger partial charge < -0.3 is 5.32 Å². The van der Waals surface area contributed by atoms with E-state index in [4.69, 9.17) is 0 Å². The fourth-order valence-electron chi connectivity index (χ4n) is 2.64. The Balaban J connectivity index is 1.66. The summed E-state index contributed by atoms with van der Waals surface area (Å²) in [6, 6.07) is 1.93. The maximum absolute atomic E-state index is 4.56. The molecule has 0 spiro atoms. The Hall–Kier alpha value is -1.46. The molecule has 102 valence electrons. The van der Waals surface area contributed by atoms with Crippen LogP contribution in [0, 0.1) is 0 Å². The van der Waals surface area contributed by atoms with E-state index in [1.54, 1.807) is 6.20 Å². The average Bonchev–Trinajstić information content (AvgIpc) is 2.84. The quantitative estimate of drug-likeness (QED) is 0.902. The maximum Gasteiger partial charge on any atom is 0.233 e. The molecule has 0 bridgehead atoms. The Kier molecular flexibility index (Phi) is 3.24. The van der Waals surface area contributed by atoms with Crippen LogP contribution in [0.3, 0.4) is 0 Å². The van der Waals surface area contributed by atoms with Crippen LogP contribution in [-0.2, 0) is 6.54 Å². The predicted molar refractivity (Wildman–Crippen MR) is 75.0 cm³/mol. The van der Waals surface area contributed by atoms with E-state index >= 15 is 0 Å². The number of hydrogen-bond donors (Lipinski definition) is 1. The molecule has 5 nitrogen and oxygen atoms in total. The van der Waals surface area contributed by atoms with Crippen molar-refractivity contribution in [3.63, 3.8) is 0 Å². The van der Waals surface area contributed by atoms with E-state index in [0.717, 1.165) is 31.1 Å². The molecule has 0 saturated carbocycles. The zero-order chi connectivity index (χ0) is 13.3. The van der Waals surface area contributed by atoms with E-state index in [-0.39, 0.29) is 0 Å². The zero-order valence-electron chi connectivity index (χ0n) is 11.6. The van der Waals surface area contributed by atoms with Crippen molar-refractivity contribution in [1.82, 2.24) is 24.6 Å². The minimum absolute atomic E-state index is 0.303. The molecular weight excluding hydrogens is 238 g/mol. The lowest BCUT2D eigenvalue weighted by Gasteiger charge is -2.39. The monoisotopic (exact) mass is 259 g/mol. The number of aromatic nitrogens is 3. The van der Waals surface area contributed by atoms with E-state index in [9.17, 15) is 0 Å². The molecule has 1 saturated heterocycles. The first-order chi connectivity index (χ1) is 9.18. The summed E-state index contributed by atoms with van der Waals surface area (Å²) >= 11 is 0. The van der Waals surface area contributed by atoms with Gasteiger partial charge in [-0.15, -0.1) is 0 Å². The minimum Gasteiger partial charge on any atom is -0.314 e. The molecule has 0 radical (unpaired) electrons. The van der Waals surface area contributed by atoms with Gasteiger partial charge in [0.15, 0.2) is 0 Å². The van der Waals surface area contributed by atoms with Gasteiger partial charge in [-0.05, 0) is 32.9 Å². The van der Waals surface area contributed by atoms with Crippen LogP contribution in [0.4, 0.5) is 0 Å². The number of nitrogens with zero attached hydrogens (tertiary/aromatic N) is 4. The van der Waals surface area contributed by atoms with Gasteiger partial charge in [-0.3, -0.25) is 9.30 Å². The van der Waals surface area contributed by atoms with Gasteiger partial charge in [0.2, 0.25) is 5.78 Å². The number of piperidine rings is 1. The van der Waals surface area contributed by atoms with E-state index in [0.29, 0.717) is 5.54 Å². The fourth-order valence-corrected chi connectivity index (χ4v) is 2.64. The van der Waals surface area contributed by atoms with Crippen LogP contribution in [0.2, 0.25) is 0 Å². The maximum atomic E-state index is 4.56. The second kappa shape index (κ2) is 4.90. The molecule has 1 fully saturated rings. The van der Waals surface area contributed by atoms with Gasteiger partial charge in [0.1, 0.15) is 0 Å². The first-order valence-electron chi connectivity index (χ1n) is 6.88. The molecule has 0 amide bonds. The first kappa shape index (κ1) is 12.6. The van der Waals surface area contributed by atoms with Gasteiger partial charge >= 0.3 is 0 Å². The average molecular weight is 259 g/mol. The lowest BCUT2D eigenvalue weighted by atomic mass is 9.90. The smallest absolute Gasteiger partial charge is 0.233 e. The highest BCUT2D eigenvalue weighted by Gasteiger charge is 2.28.